The first-order valence-electron chi connectivity index (χ1n) is 12.6. The number of thioether (sulfide) groups is 1. The Hall–Kier alpha value is -3.37. The molecule has 0 bridgehead atoms. The summed E-state index contributed by atoms with van der Waals surface area (Å²) in [7, 11) is 2.19. The number of benzene rings is 2. The van der Waals surface area contributed by atoms with Gasteiger partial charge in [0.1, 0.15) is 0 Å². The molecule has 0 spiro atoms. The van der Waals surface area contributed by atoms with E-state index in [1.807, 2.05) is 11.8 Å². The summed E-state index contributed by atoms with van der Waals surface area (Å²) < 4.78 is 19.1. The number of carbonyl (C=O) groups is 2. The minimum Gasteiger partial charge on any atom is -0.491 e. The second-order valence-electron chi connectivity index (χ2n) is 8.99. The lowest BCUT2D eigenvalue weighted by atomic mass is 10.0. The average Bonchev–Trinajstić information content (AvgIpc) is 2.93. The molecule has 10 heteroatoms. The highest BCUT2D eigenvalue weighted by Crippen LogP contribution is 2.33. The molecule has 204 valence electrons. The van der Waals surface area contributed by atoms with Crippen LogP contribution in [0.5, 0.6) is 5.75 Å². The molecular weight excluding hydrogens is 509 g/mol. The Labute approximate surface area is 226 Å². The van der Waals surface area contributed by atoms with Crippen LogP contribution < -0.4 is 4.74 Å². The highest BCUT2D eigenvalue weighted by molar-refractivity contribution is 8.13. The average molecular weight is 544 g/mol. The Morgan fingerprint density at radius 1 is 1.08 bits per heavy atom. The maximum Gasteiger partial charge on any atom is 0.328 e. The fraction of sp³-hybridized carbons (Fsp3) is 0.393. The van der Waals surface area contributed by atoms with E-state index >= 15 is 0 Å². The van der Waals surface area contributed by atoms with Gasteiger partial charge in [0.15, 0.2) is 16.7 Å². The molecule has 1 fully saturated rings. The van der Waals surface area contributed by atoms with Gasteiger partial charge in [0.05, 0.1) is 12.3 Å². The minimum atomic E-state index is -1.26. The number of likely N-dealkylation sites (tertiary alicyclic amines) is 1. The Balaban J connectivity index is 0.000000436. The summed E-state index contributed by atoms with van der Waals surface area (Å²) in [6.45, 7) is 3.90. The minimum absolute atomic E-state index is 0.284. The molecule has 0 saturated carbocycles. The number of halogens is 1. The number of rotatable bonds is 9. The highest BCUT2D eigenvalue weighted by atomic mass is 32.2. The molecule has 0 unspecified atom stereocenters. The standard InChI is InChI=1S/C24H30FN3OS.C4H4O4/c1-27(24-26-22-10-4-2-8-19(22)18-30-24)20-12-15-28(16-13-20)14-6-7-17-29-23-11-5-3-9-21(23)25;5-3(6)1-2-4(7)8/h2-5,8-11,20H,6-7,12-18H2,1H3;1-2H,(H,5,6)(H,7,8)/b;2-1+. The van der Waals surface area contributed by atoms with E-state index in [1.165, 1.54) is 24.5 Å². The molecule has 2 aromatic carbocycles. The van der Waals surface area contributed by atoms with Gasteiger partial charge in [0, 0.05) is 44.1 Å². The van der Waals surface area contributed by atoms with Crippen LogP contribution in [-0.4, -0.2) is 76.4 Å². The van der Waals surface area contributed by atoms with Crippen LogP contribution in [-0.2, 0) is 15.3 Å². The lowest BCUT2D eigenvalue weighted by molar-refractivity contribution is -0.134. The summed E-state index contributed by atoms with van der Waals surface area (Å²) in [5.41, 5.74) is 2.45. The van der Waals surface area contributed by atoms with Crippen molar-refractivity contribution in [3.8, 4) is 5.75 Å². The van der Waals surface area contributed by atoms with E-state index in [1.54, 1.807) is 18.2 Å². The fourth-order valence-electron chi connectivity index (χ4n) is 4.21. The predicted octanol–water partition coefficient (Wildman–Crippen LogP) is 5.03. The Morgan fingerprint density at radius 3 is 2.42 bits per heavy atom. The van der Waals surface area contributed by atoms with Gasteiger partial charge < -0.3 is 24.7 Å². The van der Waals surface area contributed by atoms with Gasteiger partial charge in [-0.3, -0.25) is 0 Å². The number of unbranched alkanes of at least 4 members (excludes halogenated alkanes) is 1. The van der Waals surface area contributed by atoms with E-state index in [0.29, 0.717) is 30.6 Å². The third-order valence-corrected chi connectivity index (χ3v) is 7.40. The maximum atomic E-state index is 13.6. The molecule has 2 heterocycles. The highest BCUT2D eigenvalue weighted by Gasteiger charge is 2.26. The summed E-state index contributed by atoms with van der Waals surface area (Å²) in [5, 5.41) is 16.8. The summed E-state index contributed by atoms with van der Waals surface area (Å²) in [4.78, 5) is 28.9. The number of carboxylic acids is 2. The molecule has 2 aliphatic heterocycles. The van der Waals surface area contributed by atoms with Gasteiger partial charge >= 0.3 is 11.9 Å². The smallest absolute Gasteiger partial charge is 0.328 e. The monoisotopic (exact) mass is 543 g/mol. The Kier molecular flexibility index (Phi) is 11.6. The largest absolute Gasteiger partial charge is 0.491 e. The number of piperidine rings is 1. The summed E-state index contributed by atoms with van der Waals surface area (Å²) >= 11 is 1.85. The van der Waals surface area contributed by atoms with Gasteiger partial charge in [-0.15, -0.1) is 0 Å². The molecule has 0 amide bonds. The normalized spacial score (nSPS) is 15.7. The first-order valence-corrected chi connectivity index (χ1v) is 13.6. The van der Waals surface area contributed by atoms with Crippen LogP contribution in [0, 0.1) is 5.82 Å². The van der Waals surface area contributed by atoms with Gasteiger partial charge in [-0.25, -0.2) is 19.0 Å². The van der Waals surface area contributed by atoms with E-state index in [0.717, 1.165) is 49.1 Å². The van der Waals surface area contributed by atoms with Gasteiger partial charge in [-0.1, -0.05) is 42.1 Å². The second-order valence-corrected chi connectivity index (χ2v) is 9.93. The molecule has 4 rings (SSSR count). The number of fused-ring (bicyclic) bond motifs is 1. The fourth-order valence-corrected chi connectivity index (χ4v) is 5.25. The lowest BCUT2D eigenvalue weighted by Gasteiger charge is -2.38. The van der Waals surface area contributed by atoms with E-state index in [2.05, 4.69) is 41.1 Å². The van der Waals surface area contributed by atoms with Crippen molar-refractivity contribution in [1.29, 1.82) is 0 Å². The molecule has 8 nitrogen and oxygen atoms in total. The number of aliphatic imine (C=N–C) groups is 1. The van der Waals surface area contributed by atoms with Crippen LogP contribution in [0.1, 0.15) is 31.2 Å². The van der Waals surface area contributed by atoms with Crippen molar-refractivity contribution in [3.05, 3.63) is 72.1 Å². The maximum absolute atomic E-state index is 13.6. The van der Waals surface area contributed by atoms with Crippen molar-refractivity contribution >= 4 is 34.6 Å². The van der Waals surface area contributed by atoms with Gasteiger partial charge in [0.2, 0.25) is 0 Å². The molecule has 2 N–H and O–H groups in total. The van der Waals surface area contributed by atoms with Crippen LogP contribution in [0.4, 0.5) is 10.1 Å². The topological polar surface area (TPSA) is 103 Å². The van der Waals surface area contributed by atoms with Gasteiger partial charge in [-0.2, -0.15) is 0 Å². The van der Waals surface area contributed by atoms with Gasteiger partial charge in [0.25, 0.3) is 0 Å². The van der Waals surface area contributed by atoms with Crippen molar-refractivity contribution in [2.75, 3.05) is 33.3 Å². The van der Waals surface area contributed by atoms with Crippen molar-refractivity contribution in [1.82, 2.24) is 9.80 Å². The van der Waals surface area contributed by atoms with Crippen molar-refractivity contribution in [3.63, 3.8) is 0 Å². The molecule has 1 saturated heterocycles. The van der Waals surface area contributed by atoms with Gasteiger partial charge in [-0.05, 0) is 56.0 Å². The summed E-state index contributed by atoms with van der Waals surface area (Å²) in [6.07, 6.45) is 5.48. The third-order valence-electron chi connectivity index (χ3n) is 6.30. The predicted molar refractivity (Wildman–Crippen MR) is 148 cm³/mol. The van der Waals surface area contributed by atoms with Crippen LogP contribution >= 0.6 is 11.8 Å². The number of para-hydroxylation sites is 2. The van der Waals surface area contributed by atoms with Crippen LogP contribution in [0.3, 0.4) is 0 Å². The van der Waals surface area contributed by atoms with E-state index in [9.17, 15) is 14.0 Å². The molecule has 0 radical (unpaired) electrons. The zero-order chi connectivity index (χ0) is 27.3. The summed E-state index contributed by atoms with van der Waals surface area (Å²) in [6, 6.07) is 15.6. The number of ether oxygens (including phenoxy) is 1. The van der Waals surface area contributed by atoms with Crippen LogP contribution in [0.25, 0.3) is 0 Å². The number of hydrogen-bond acceptors (Lipinski definition) is 7. The van der Waals surface area contributed by atoms with Crippen molar-refractivity contribution in [2.24, 2.45) is 4.99 Å². The zero-order valence-electron chi connectivity index (χ0n) is 21.5. The summed E-state index contributed by atoms with van der Waals surface area (Å²) in [5.74, 6) is -1.44. The molecule has 0 aliphatic carbocycles. The first-order chi connectivity index (χ1) is 18.3. The van der Waals surface area contributed by atoms with E-state index in [4.69, 9.17) is 19.9 Å². The molecule has 38 heavy (non-hydrogen) atoms. The molecular formula is C28H34FN3O5S. The zero-order valence-corrected chi connectivity index (χ0v) is 22.3. The molecule has 0 atom stereocenters. The molecule has 2 aromatic rings. The quantitative estimate of drug-likeness (QED) is 0.336. The lowest BCUT2D eigenvalue weighted by Crippen LogP contribution is -2.45. The number of carboxylic acid groups (broad SMARTS) is 2. The van der Waals surface area contributed by atoms with E-state index in [-0.39, 0.29) is 5.82 Å². The van der Waals surface area contributed by atoms with Crippen molar-refractivity contribution in [2.45, 2.75) is 37.5 Å². The third kappa shape index (κ3) is 9.50. The molecule has 2 aliphatic rings. The SMILES string of the molecule is CN(C1=Nc2ccccc2CS1)C1CCN(CCCCOc2ccccc2F)CC1.O=C(O)/C=C/C(=O)O. The van der Waals surface area contributed by atoms with E-state index < -0.39 is 11.9 Å². The number of aliphatic carboxylic acids is 2. The van der Waals surface area contributed by atoms with Crippen LogP contribution in [0.15, 0.2) is 65.7 Å². The number of hydrogen-bond donors (Lipinski definition) is 2. The van der Waals surface area contributed by atoms with Crippen LogP contribution in [0.2, 0.25) is 0 Å². The number of nitrogens with zero attached hydrogens (tertiary/aromatic N) is 3. The van der Waals surface area contributed by atoms with Crippen molar-refractivity contribution < 1.29 is 28.9 Å². The number of amidine groups is 1. The Morgan fingerprint density at radius 2 is 1.74 bits per heavy atom. The Bertz CT molecular complexity index is 1120. The second kappa shape index (κ2) is 15.1. The first kappa shape index (κ1) is 29.2. The molecule has 0 aromatic heterocycles.